The maximum atomic E-state index is 14.7. The number of halogens is 3. The summed E-state index contributed by atoms with van der Waals surface area (Å²) in [7, 11) is 0.339. The van der Waals surface area contributed by atoms with Crippen LogP contribution in [-0.2, 0) is 22.1 Å². The molecule has 43 heavy (non-hydrogen) atoms. The lowest BCUT2D eigenvalue weighted by Crippen LogP contribution is -2.44. The number of methoxy groups -OCH3 is 1. The van der Waals surface area contributed by atoms with E-state index in [9.17, 15) is 22.0 Å². The number of carbonyl (C=O) groups excluding carboxylic acids is 1. The van der Waals surface area contributed by atoms with Gasteiger partial charge in [0.05, 0.1) is 28.0 Å². The van der Waals surface area contributed by atoms with Gasteiger partial charge in [0.15, 0.2) is 9.84 Å². The van der Waals surface area contributed by atoms with Gasteiger partial charge in [-0.1, -0.05) is 41.9 Å². The number of rotatable bonds is 9. The van der Waals surface area contributed by atoms with E-state index in [-0.39, 0.29) is 44.2 Å². The Kier molecular flexibility index (Phi) is 9.41. The highest BCUT2D eigenvalue weighted by Crippen LogP contribution is 2.40. The minimum atomic E-state index is -3.16. The van der Waals surface area contributed by atoms with Gasteiger partial charge in [0.2, 0.25) is 0 Å². The molecule has 1 N–H and O–H groups in total. The molecule has 3 aromatic carbocycles. The Hall–Kier alpha value is -3.05. The molecule has 0 atom stereocenters. The van der Waals surface area contributed by atoms with E-state index < -0.39 is 21.5 Å². The first-order chi connectivity index (χ1) is 20.5. The van der Waals surface area contributed by atoms with Crippen LogP contribution in [0.2, 0.25) is 5.02 Å². The van der Waals surface area contributed by atoms with Gasteiger partial charge in [0, 0.05) is 30.4 Å². The zero-order valence-electron chi connectivity index (χ0n) is 24.1. The molecule has 0 bridgehead atoms. The molecule has 1 aliphatic carbocycles. The molecular formula is C32H33ClF2N2O4S2. The Labute approximate surface area is 259 Å². The molecule has 0 radical (unpaired) electrons. The summed E-state index contributed by atoms with van der Waals surface area (Å²) < 4.78 is 58.4. The third kappa shape index (κ3) is 6.87. The number of nitrogens with one attached hydrogen (secondary N) is 1. The third-order valence-corrected chi connectivity index (χ3v) is 10.6. The van der Waals surface area contributed by atoms with E-state index in [0.717, 1.165) is 65.8 Å². The summed E-state index contributed by atoms with van der Waals surface area (Å²) in [5, 5.41) is 3.16. The van der Waals surface area contributed by atoms with Crippen LogP contribution in [0.15, 0.2) is 54.6 Å². The Morgan fingerprint density at radius 3 is 2.28 bits per heavy atom. The standard InChI is InChI=1S/C32H33ClF2N2O4S2/c1-36-23-9-11-24(12-10-23)37(32(38)31-29(33)28-25(34)13-14-26(35)30(28)42-31)17-22-16-21(8-15-27(22)41-2)20-6-4-19(5-7-20)18-43(3,39)40/h4-8,13-16,23-24,36H,9-12,17-18H2,1-3H3/t23-,24-. The van der Waals surface area contributed by atoms with Crippen molar-refractivity contribution in [3.05, 3.63) is 87.3 Å². The number of fused-ring (bicyclic) bond motifs is 1. The Morgan fingerprint density at radius 2 is 1.67 bits per heavy atom. The molecule has 11 heteroatoms. The van der Waals surface area contributed by atoms with Crippen LogP contribution in [-0.4, -0.2) is 51.7 Å². The predicted octanol–water partition coefficient (Wildman–Crippen LogP) is 7.23. The summed E-state index contributed by atoms with van der Waals surface area (Å²) in [5.74, 6) is -1.12. The molecule has 4 aromatic rings. The van der Waals surface area contributed by atoms with Crippen molar-refractivity contribution in [1.82, 2.24) is 10.2 Å². The van der Waals surface area contributed by atoms with Crippen LogP contribution in [0, 0.1) is 11.6 Å². The van der Waals surface area contributed by atoms with Gasteiger partial charge in [-0.05, 0) is 73.7 Å². The van der Waals surface area contributed by atoms with Crippen LogP contribution in [0.5, 0.6) is 5.75 Å². The lowest BCUT2D eigenvalue weighted by Gasteiger charge is -2.37. The summed E-state index contributed by atoms with van der Waals surface area (Å²) >= 11 is 7.43. The van der Waals surface area contributed by atoms with Crippen molar-refractivity contribution >= 4 is 48.8 Å². The van der Waals surface area contributed by atoms with Crippen molar-refractivity contribution in [3.63, 3.8) is 0 Å². The quantitative estimate of drug-likeness (QED) is 0.208. The molecule has 228 valence electrons. The monoisotopic (exact) mass is 646 g/mol. The second-order valence-electron chi connectivity index (χ2n) is 11.0. The number of nitrogens with zero attached hydrogens (tertiary/aromatic N) is 1. The largest absolute Gasteiger partial charge is 0.496 e. The Morgan fingerprint density at radius 1 is 1.02 bits per heavy atom. The number of thiophene rings is 1. The van der Waals surface area contributed by atoms with Crippen molar-refractivity contribution in [2.75, 3.05) is 20.4 Å². The van der Waals surface area contributed by atoms with E-state index in [1.54, 1.807) is 24.1 Å². The molecule has 0 unspecified atom stereocenters. The lowest BCUT2D eigenvalue weighted by atomic mass is 9.89. The number of ether oxygens (including phenoxy) is 1. The third-order valence-electron chi connectivity index (χ3n) is 8.02. The van der Waals surface area contributed by atoms with E-state index in [1.807, 2.05) is 37.4 Å². The normalized spacial score (nSPS) is 17.3. The van der Waals surface area contributed by atoms with Crippen molar-refractivity contribution in [3.8, 4) is 16.9 Å². The molecule has 1 aromatic heterocycles. The summed E-state index contributed by atoms with van der Waals surface area (Å²) in [4.78, 5) is 16.1. The zero-order chi connectivity index (χ0) is 30.9. The van der Waals surface area contributed by atoms with Gasteiger partial charge >= 0.3 is 0 Å². The SMILES string of the molecule is CN[C@H]1CC[C@H](N(Cc2cc(-c3ccc(CS(C)(=O)=O)cc3)ccc2OC)C(=O)c2sc3c(F)ccc(F)c3c2Cl)CC1. The average Bonchev–Trinajstić information content (AvgIpc) is 3.35. The molecule has 1 heterocycles. The Balaban J connectivity index is 1.52. The topological polar surface area (TPSA) is 75.7 Å². The average molecular weight is 647 g/mol. The van der Waals surface area contributed by atoms with E-state index in [4.69, 9.17) is 16.3 Å². The van der Waals surface area contributed by atoms with Crippen LogP contribution in [0.25, 0.3) is 21.2 Å². The van der Waals surface area contributed by atoms with Gasteiger partial charge in [-0.3, -0.25) is 4.79 Å². The van der Waals surface area contributed by atoms with E-state index >= 15 is 0 Å². The maximum Gasteiger partial charge on any atom is 0.266 e. The van der Waals surface area contributed by atoms with Crippen LogP contribution < -0.4 is 10.1 Å². The molecular weight excluding hydrogens is 614 g/mol. The van der Waals surface area contributed by atoms with Crippen molar-refractivity contribution in [2.45, 2.75) is 50.1 Å². The van der Waals surface area contributed by atoms with Gasteiger partial charge in [-0.25, -0.2) is 17.2 Å². The highest BCUT2D eigenvalue weighted by Gasteiger charge is 2.33. The van der Waals surface area contributed by atoms with Gasteiger partial charge < -0.3 is 15.0 Å². The molecule has 0 saturated heterocycles. The predicted molar refractivity (Wildman–Crippen MR) is 169 cm³/mol. The summed E-state index contributed by atoms with van der Waals surface area (Å²) in [6, 6.07) is 15.3. The highest BCUT2D eigenvalue weighted by molar-refractivity contribution is 7.89. The van der Waals surface area contributed by atoms with Gasteiger partial charge in [0.25, 0.3) is 5.91 Å². The van der Waals surface area contributed by atoms with E-state index in [2.05, 4.69) is 5.32 Å². The number of sulfone groups is 1. The minimum Gasteiger partial charge on any atom is -0.496 e. The van der Waals surface area contributed by atoms with Gasteiger partial charge in [0.1, 0.15) is 22.3 Å². The molecule has 1 saturated carbocycles. The fraction of sp³-hybridized carbons (Fsp3) is 0.344. The molecule has 1 amide bonds. The number of benzene rings is 3. The number of hydrogen-bond donors (Lipinski definition) is 1. The first-order valence-corrected chi connectivity index (χ1v) is 17.2. The molecule has 1 aliphatic rings. The first kappa shape index (κ1) is 31.4. The lowest BCUT2D eigenvalue weighted by molar-refractivity contribution is 0.0604. The van der Waals surface area contributed by atoms with Gasteiger partial charge in [-0.15, -0.1) is 11.3 Å². The molecule has 1 fully saturated rings. The second kappa shape index (κ2) is 12.9. The van der Waals surface area contributed by atoms with Crippen molar-refractivity contribution < 1.29 is 26.7 Å². The molecule has 5 rings (SSSR count). The molecule has 0 aliphatic heterocycles. The van der Waals surface area contributed by atoms with Crippen molar-refractivity contribution in [1.29, 1.82) is 0 Å². The maximum absolute atomic E-state index is 14.7. The smallest absolute Gasteiger partial charge is 0.266 e. The minimum absolute atomic E-state index is 0.0195. The van der Waals surface area contributed by atoms with E-state index in [0.29, 0.717) is 17.4 Å². The van der Waals surface area contributed by atoms with Crippen LogP contribution in [0.1, 0.15) is 46.5 Å². The summed E-state index contributed by atoms with van der Waals surface area (Å²) in [6.45, 7) is 0.201. The highest BCUT2D eigenvalue weighted by atomic mass is 35.5. The number of amides is 1. The molecule has 6 nitrogen and oxygen atoms in total. The molecule has 0 spiro atoms. The summed E-state index contributed by atoms with van der Waals surface area (Å²) in [5.41, 5.74) is 3.21. The van der Waals surface area contributed by atoms with E-state index in [1.165, 1.54) is 6.26 Å². The van der Waals surface area contributed by atoms with Crippen LogP contribution >= 0.6 is 22.9 Å². The Bertz CT molecular complexity index is 1750. The van der Waals surface area contributed by atoms with Crippen molar-refractivity contribution in [2.24, 2.45) is 0 Å². The fourth-order valence-electron chi connectivity index (χ4n) is 5.77. The first-order valence-electron chi connectivity index (χ1n) is 14.0. The van der Waals surface area contributed by atoms with Gasteiger partial charge in [-0.2, -0.15) is 0 Å². The fourth-order valence-corrected chi connectivity index (χ4v) is 8.07. The summed E-state index contributed by atoms with van der Waals surface area (Å²) in [6.07, 6.45) is 4.48. The second-order valence-corrected chi connectivity index (χ2v) is 14.5. The van der Waals surface area contributed by atoms with Crippen LogP contribution in [0.3, 0.4) is 0 Å². The zero-order valence-corrected chi connectivity index (χ0v) is 26.5. The number of hydrogen-bond acceptors (Lipinski definition) is 6. The number of carbonyl (C=O) groups is 1. The van der Waals surface area contributed by atoms with Crippen LogP contribution in [0.4, 0.5) is 8.78 Å².